The molecule has 0 fully saturated rings. The second-order valence-corrected chi connectivity index (χ2v) is 5.21. The fourth-order valence-electron chi connectivity index (χ4n) is 1.94. The second-order valence-electron chi connectivity index (χ2n) is 4.29. The van der Waals surface area contributed by atoms with Gasteiger partial charge in [0.2, 0.25) is 0 Å². The molecule has 1 aliphatic heterocycles. The third-order valence-corrected chi connectivity index (χ3v) is 3.45. The van der Waals surface area contributed by atoms with Crippen LogP contribution in [0.25, 0.3) is 0 Å². The maximum Gasteiger partial charge on any atom is 0.290 e. The van der Waals surface area contributed by atoms with E-state index in [4.69, 9.17) is 4.74 Å². The van der Waals surface area contributed by atoms with Gasteiger partial charge in [0, 0.05) is 10.2 Å². The van der Waals surface area contributed by atoms with E-state index < -0.39 is 0 Å². The zero-order valence-corrected chi connectivity index (χ0v) is 11.8. The Morgan fingerprint density at radius 2 is 1.79 bits per heavy atom. The highest BCUT2D eigenvalue weighted by atomic mass is 79.9. The number of ether oxygens (including phenoxy) is 1. The summed E-state index contributed by atoms with van der Waals surface area (Å²) >= 11 is 3.41. The Labute approximate surface area is 120 Å². The minimum atomic E-state index is 0.0131. The van der Waals surface area contributed by atoms with Gasteiger partial charge in [-0.25, -0.2) is 4.99 Å². The minimum Gasteiger partial charge on any atom is -0.455 e. The third kappa shape index (κ3) is 2.96. The first-order valence-electron chi connectivity index (χ1n) is 6.10. The zero-order valence-electron chi connectivity index (χ0n) is 10.2. The molecule has 4 heteroatoms. The molecule has 96 valence electrons. The van der Waals surface area contributed by atoms with Crippen LogP contribution in [0.15, 0.2) is 64.1 Å². The van der Waals surface area contributed by atoms with Crippen molar-refractivity contribution in [2.75, 3.05) is 11.9 Å². The number of benzene rings is 2. The average molecular weight is 317 g/mol. The van der Waals surface area contributed by atoms with Crippen molar-refractivity contribution in [2.24, 2.45) is 4.99 Å². The highest BCUT2D eigenvalue weighted by molar-refractivity contribution is 9.10. The molecule has 0 radical (unpaired) electrons. The molecule has 0 saturated heterocycles. The molecule has 0 amide bonds. The van der Waals surface area contributed by atoms with Crippen LogP contribution in [0.2, 0.25) is 0 Å². The van der Waals surface area contributed by atoms with Gasteiger partial charge in [-0.05, 0) is 29.8 Å². The van der Waals surface area contributed by atoms with Crippen LogP contribution in [0, 0.1) is 0 Å². The molecule has 0 spiro atoms. The summed E-state index contributed by atoms with van der Waals surface area (Å²) in [5.41, 5.74) is 2.12. The molecular formula is C15H13BrN2O. The molecule has 0 aliphatic carbocycles. The molecule has 0 aromatic heterocycles. The SMILES string of the molecule is Brc1ccc(NC2=NCC(c3ccccc3)O2)cc1. The van der Waals surface area contributed by atoms with Crippen molar-refractivity contribution in [3.05, 3.63) is 64.6 Å². The summed E-state index contributed by atoms with van der Waals surface area (Å²) in [6.45, 7) is 0.656. The first-order valence-corrected chi connectivity index (χ1v) is 6.89. The van der Waals surface area contributed by atoms with Crippen molar-refractivity contribution in [2.45, 2.75) is 6.10 Å². The van der Waals surface area contributed by atoms with Gasteiger partial charge in [-0.3, -0.25) is 0 Å². The smallest absolute Gasteiger partial charge is 0.290 e. The van der Waals surface area contributed by atoms with E-state index in [1.165, 1.54) is 0 Å². The Morgan fingerprint density at radius 3 is 2.53 bits per heavy atom. The minimum absolute atomic E-state index is 0.0131. The van der Waals surface area contributed by atoms with Crippen molar-refractivity contribution in [3.63, 3.8) is 0 Å². The summed E-state index contributed by atoms with van der Waals surface area (Å²) in [5, 5.41) is 3.17. The fraction of sp³-hybridized carbons (Fsp3) is 0.133. The van der Waals surface area contributed by atoms with Crippen molar-refractivity contribution < 1.29 is 4.74 Å². The van der Waals surface area contributed by atoms with E-state index in [1.807, 2.05) is 42.5 Å². The number of nitrogens with zero attached hydrogens (tertiary/aromatic N) is 1. The monoisotopic (exact) mass is 316 g/mol. The predicted molar refractivity (Wildman–Crippen MR) is 80.3 cm³/mol. The van der Waals surface area contributed by atoms with Gasteiger partial charge in [-0.1, -0.05) is 46.3 Å². The molecule has 3 nitrogen and oxygen atoms in total. The van der Waals surface area contributed by atoms with Gasteiger partial charge in [0.15, 0.2) is 0 Å². The molecule has 1 N–H and O–H groups in total. The van der Waals surface area contributed by atoms with Gasteiger partial charge >= 0.3 is 0 Å². The first-order chi connectivity index (χ1) is 9.31. The van der Waals surface area contributed by atoms with Crippen molar-refractivity contribution >= 4 is 27.6 Å². The van der Waals surface area contributed by atoms with Gasteiger partial charge in [0.25, 0.3) is 6.02 Å². The zero-order chi connectivity index (χ0) is 13.1. The summed E-state index contributed by atoms with van der Waals surface area (Å²) in [7, 11) is 0. The van der Waals surface area contributed by atoms with E-state index in [-0.39, 0.29) is 6.10 Å². The number of amidine groups is 1. The highest BCUT2D eigenvalue weighted by Crippen LogP contribution is 2.23. The molecule has 19 heavy (non-hydrogen) atoms. The second kappa shape index (κ2) is 5.45. The van der Waals surface area contributed by atoms with Crippen LogP contribution in [-0.2, 0) is 4.74 Å². The molecule has 1 atom stereocenters. The Morgan fingerprint density at radius 1 is 1.05 bits per heavy atom. The molecule has 1 heterocycles. The Balaban J connectivity index is 1.64. The first kappa shape index (κ1) is 12.2. The maximum absolute atomic E-state index is 5.81. The van der Waals surface area contributed by atoms with Crippen LogP contribution >= 0.6 is 15.9 Å². The third-order valence-electron chi connectivity index (χ3n) is 2.92. The van der Waals surface area contributed by atoms with Crippen molar-refractivity contribution in [1.82, 2.24) is 0 Å². The van der Waals surface area contributed by atoms with Gasteiger partial charge < -0.3 is 10.1 Å². The van der Waals surface area contributed by atoms with E-state index >= 15 is 0 Å². The summed E-state index contributed by atoms with van der Waals surface area (Å²) < 4.78 is 6.86. The van der Waals surface area contributed by atoms with E-state index in [0.717, 1.165) is 15.7 Å². The number of hydrogen-bond acceptors (Lipinski definition) is 3. The predicted octanol–water partition coefficient (Wildman–Crippen LogP) is 3.99. The lowest BCUT2D eigenvalue weighted by atomic mass is 10.1. The Kier molecular flexibility index (Phi) is 3.51. The lowest BCUT2D eigenvalue weighted by Gasteiger charge is -2.12. The van der Waals surface area contributed by atoms with Crippen LogP contribution < -0.4 is 5.32 Å². The number of rotatable bonds is 2. The summed E-state index contributed by atoms with van der Waals surface area (Å²) in [6.07, 6.45) is 0.0131. The van der Waals surface area contributed by atoms with Gasteiger partial charge in [-0.15, -0.1) is 0 Å². The summed E-state index contributed by atoms with van der Waals surface area (Å²) in [6, 6.07) is 18.6. The maximum atomic E-state index is 5.81. The number of aliphatic imine (C=N–C) groups is 1. The average Bonchev–Trinajstić information content (AvgIpc) is 2.91. The van der Waals surface area contributed by atoms with Gasteiger partial charge in [-0.2, -0.15) is 0 Å². The largest absolute Gasteiger partial charge is 0.455 e. The standard InChI is InChI=1S/C15H13BrN2O/c16-12-6-8-13(9-7-12)18-15-17-10-14(19-15)11-4-2-1-3-5-11/h1-9,14H,10H2,(H,17,18). The highest BCUT2D eigenvalue weighted by Gasteiger charge is 2.21. The van der Waals surface area contributed by atoms with Crippen LogP contribution in [-0.4, -0.2) is 12.6 Å². The van der Waals surface area contributed by atoms with Crippen molar-refractivity contribution in [3.8, 4) is 0 Å². The van der Waals surface area contributed by atoms with Crippen LogP contribution in [0.4, 0.5) is 5.69 Å². The molecule has 1 unspecified atom stereocenters. The number of halogens is 1. The van der Waals surface area contributed by atoms with Crippen molar-refractivity contribution in [1.29, 1.82) is 0 Å². The number of nitrogens with one attached hydrogen (secondary N) is 1. The number of hydrogen-bond donors (Lipinski definition) is 1. The summed E-state index contributed by atoms with van der Waals surface area (Å²) in [5.74, 6) is 0. The van der Waals surface area contributed by atoms with E-state index in [1.54, 1.807) is 0 Å². The molecule has 3 rings (SSSR count). The van der Waals surface area contributed by atoms with E-state index in [0.29, 0.717) is 12.6 Å². The van der Waals surface area contributed by atoms with E-state index in [2.05, 4.69) is 38.4 Å². The molecule has 0 saturated carbocycles. The van der Waals surface area contributed by atoms with Crippen LogP contribution in [0.1, 0.15) is 11.7 Å². The quantitative estimate of drug-likeness (QED) is 0.909. The Hall–Kier alpha value is -1.81. The molecular weight excluding hydrogens is 304 g/mol. The molecule has 1 aliphatic rings. The molecule has 2 aromatic carbocycles. The van der Waals surface area contributed by atoms with Gasteiger partial charge in [0.1, 0.15) is 6.10 Å². The molecule has 0 bridgehead atoms. The Bertz CT molecular complexity index is 581. The summed E-state index contributed by atoms with van der Waals surface area (Å²) in [4.78, 5) is 4.38. The van der Waals surface area contributed by atoms with Gasteiger partial charge in [0.05, 0.1) is 6.54 Å². The molecule has 2 aromatic rings. The fourth-order valence-corrected chi connectivity index (χ4v) is 2.21. The van der Waals surface area contributed by atoms with Crippen LogP contribution in [0.5, 0.6) is 0 Å². The van der Waals surface area contributed by atoms with E-state index in [9.17, 15) is 0 Å². The lowest BCUT2D eigenvalue weighted by molar-refractivity contribution is 0.229. The normalized spacial score (nSPS) is 17.7. The number of anilines is 1. The topological polar surface area (TPSA) is 33.6 Å². The lowest BCUT2D eigenvalue weighted by Crippen LogP contribution is -2.13. The van der Waals surface area contributed by atoms with Crippen LogP contribution in [0.3, 0.4) is 0 Å².